The van der Waals surface area contributed by atoms with Crippen LogP contribution < -0.4 is 0 Å². The van der Waals surface area contributed by atoms with Crippen molar-refractivity contribution >= 4 is 24.3 Å². The molecular formula is C14H27ClN2O3. The Morgan fingerprint density at radius 1 is 1.40 bits per heavy atom. The Morgan fingerprint density at radius 2 is 2.05 bits per heavy atom. The number of piperidine rings is 1. The van der Waals surface area contributed by atoms with Gasteiger partial charge in [-0.3, -0.25) is 14.5 Å². The van der Waals surface area contributed by atoms with Crippen LogP contribution >= 0.6 is 12.4 Å². The average molecular weight is 307 g/mol. The number of hydrogen-bond donors (Lipinski definition) is 1. The normalized spacial score (nSPS) is 20.4. The van der Waals surface area contributed by atoms with E-state index in [0.717, 1.165) is 25.8 Å². The lowest BCUT2D eigenvalue weighted by Gasteiger charge is -2.38. The van der Waals surface area contributed by atoms with Crippen molar-refractivity contribution in [2.24, 2.45) is 0 Å². The lowest BCUT2D eigenvalue weighted by atomic mass is 9.99. The number of likely N-dealkylation sites (N-methyl/N-ethyl adjacent to an activating group) is 1. The number of nitrogens with zero attached hydrogens (tertiary/aromatic N) is 2. The molecule has 0 saturated carbocycles. The maximum Gasteiger partial charge on any atom is 0.304 e. The highest BCUT2D eigenvalue weighted by molar-refractivity contribution is 5.85. The molecule has 2 atom stereocenters. The molecule has 5 nitrogen and oxygen atoms in total. The van der Waals surface area contributed by atoms with E-state index >= 15 is 0 Å². The lowest BCUT2D eigenvalue weighted by molar-refractivity contribution is -0.142. The van der Waals surface area contributed by atoms with Gasteiger partial charge in [0, 0.05) is 19.1 Å². The molecule has 0 aliphatic carbocycles. The van der Waals surface area contributed by atoms with Crippen molar-refractivity contribution in [2.45, 2.75) is 58.0 Å². The van der Waals surface area contributed by atoms with Gasteiger partial charge in [-0.05, 0) is 39.7 Å². The molecule has 0 spiro atoms. The van der Waals surface area contributed by atoms with Crippen molar-refractivity contribution in [2.75, 3.05) is 20.1 Å². The lowest BCUT2D eigenvalue weighted by Crippen LogP contribution is -2.51. The summed E-state index contributed by atoms with van der Waals surface area (Å²) in [5.41, 5.74) is 0. The molecule has 20 heavy (non-hydrogen) atoms. The Bertz CT molecular complexity index is 326. The van der Waals surface area contributed by atoms with E-state index in [1.54, 1.807) is 0 Å². The number of carboxylic acids is 1. The topological polar surface area (TPSA) is 60.9 Å². The number of hydrogen-bond acceptors (Lipinski definition) is 3. The van der Waals surface area contributed by atoms with Crippen LogP contribution in [0.3, 0.4) is 0 Å². The average Bonchev–Trinajstić information content (AvgIpc) is 2.42. The molecule has 0 aromatic heterocycles. The fraction of sp³-hybridized carbons (Fsp3) is 0.857. The van der Waals surface area contributed by atoms with E-state index in [1.807, 2.05) is 23.8 Å². The highest BCUT2D eigenvalue weighted by Crippen LogP contribution is 2.21. The first-order valence-corrected chi connectivity index (χ1v) is 7.19. The van der Waals surface area contributed by atoms with Gasteiger partial charge in [0.15, 0.2) is 0 Å². The molecule has 1 rings (SSSR count). The Kier molecular flexibility index (Phi) is 8.81. The van der Waals surface area contributed by atoms with E-state index in [2.05, 4.69) is 6.92 Å². The summed E-state index contributed by atoms with van der Waals surface area (Å²) in [5, 5.41) is 8.69. The Hall–Kier alpha value is -0.810. The predicted molar refractivity (Wildman–Crippen MR) is 81.2 cm³/mol. The molecule has 6 heteroatoms. The van der Waals surface area contributed by atoms with Gasteiger partial charge >= 0.3 is 5.97 Å². The van der Waals surface area contributed by atoms with Crippen LogP contribution in [0.2, 0.25) is 0 Å². The maximum atomic E-state index is 12.5. The van der Waals surface area contributed by atoms with Crippen molar-refractivity contribution in [3.05, 3.63) is 0 Å². The van der Waals surface area contributed by atoms with Gasteiger partial charge in [-0.2, -0.15) is 0 Å². The van der Waals surface area contributed by atoms with Gasteiger partial charge in [0.05, 0.1) is 12.5 Å². The van der Waals surface area contributed by atoms with Crippen molar-refractivity contribution in [1.82, 2.24) is 9.80 Å². The summed E-state index contributed by atoms with van der Waals surface area (Å²) in [6.45, 7) is 5.24. The second kappa shape index (κ2) is 9.19. The minimum absolute atomic E-state index is 0. The van der Waals surface area contributed by atoms with Crippen LogP contribution in [-0.4, -0.2) is 59.0 Å². The van der Waals surface area contributed by atoms with Gasteiger partial charge in [0.25, 0.3) is 0 Å². The van der Waals surface area contributed by atoms with Gasteiger partial charge < -0.3 is 10.0 Å². The third-order valence-corrected chi connectivity index (χ3v) is 4.08. The zero-order valence-electron chi connectivity index (χ0n) is 12.7. The largest absolute Gasteiger partial charge is 0.481 e. The third-order valence-electron chi connectivity index (χ3n) is 4.08. The molecule has 1 aliphatic rings. The van der Waals surface area contributed by atoms with E-state index in [1.165, 1.54) is 6.42 Å². The smallest absolute Gasteiger partial charge is 0.304 e. The molecule has 1 aliphatic heterocycles. The summed E-state index contributed by atoms with van der Waals surface area (Å²) in [6, 6.07) is 0.114. The van der Waals surface area contributed by atoms with Gasteiger partial charge in [-0.15, -0.1) is 12.4 Å². The van der Waals surface area contributed by atoms with Crippen molar-refractivity contribution in [3.63, 3.8) is 0 Å². The number of carbonyl (C=O) groups is 2. The van der Waals surface area contributed by atoms with Gasteiger partial charge in [-0.25, -0.2) is 0 Å². The monoisotopic (exact) mass is 306 g/mol. The fourth-order valence-corrected chi connectivity index (χ4v) is 2.61. The summed E-state index contributed by atoms with van der Waals surface area (Å²) in [5.74, 6) is -0.685. The zero-order chi connectivity index (χ0) is 14.4. The minimum Gasteiger partial charge on any atom is -0.481 e. The van der Waals surface area contributed by atoms with Crippen LogP contribution in [0.5, 0.6) is 0 Å². The molecule has 0 aromatic rings. The predicted octanol–water partition coefficient (Wildman–Crippen LogP) is 1.99. The summed E-state index contributed by atoms with van der Waals surface area (Å²) in [4.78, 5) is 26.9. The highest BCUT2D eigenvalue weighted by Gasteiger charge is 2.30. The minimum atomic E-state index is -0.823. The number of halogens is 1. The molecule has 0 bridgehead atoms. The second-order valence-corrected chi connectivity index (χ2v) is 5.39. The van der Waals surface area contributed by atoms with Crippen molar-refractivity contribution in [1.29, 1.82) is 0 Å². The van der Waals surface area contributed by atoms with Crippen LogP contribution in [0.1, 0.15) is 46.0 Å². The number of carboxylic acid groups (broad SMARTS) is 1. The molecule has 2 unspecified atom stereocenters. The maximum absolute atomic E-state index is 12.5. The van der Waals surface area contributed by atoms with Crippen LogP contribution in [0.15, 0.2) is 0 Å². The first kappa shape index (κ1) is 19.2. The molecule has 0 radical (unpaired) electrons. The van der Waals surface area contributed by atoms with E-state index < -0.39 is 5.97 Å². The first-order valence-electron chi connectivity index (χ1n) is 7.19. The summed E-state index contributed by atoms with van der Waals surface area (Å²) < 4.78 is 0. The van der Waals surface area contributed by atoms with Crippen LogP contribution in [0.25, 0.3) is 0 Å². The quantitative estimate of drug-likeness (QED) is 0.815. The zero-order valence-corrected chi connectivity index (χ0v) is 13.5. The molecule has 1 saturated heterocycles. The Balaban J connectivity index is 0.00000361. The molecular weight excluding hydrogens is 280 g/mol. The van der Waals surface area contributed by atoms with E-state index in [4.69, 9.17) is 5.11 Å². The molecule has 1 heterocycles. The Morgan fingerprint density at radius 3 is 2.60 bits per heavy atom. The summed E-state index contributed by atoms with van der Waals surface area (Å²) in [7, 11) is 1.82. The van der Waals surface area contributed by atoms with Crippen molar-refractivity contribution < 1.29 is 14.7 Å². The van der Waals surface area contributed by atoms with Crippen molar-refractivity contribution in [3.8, 4) is 0 Å². The SMILES string of the molecule is CCC1CCCCN1C(=O)C(C)N(C)CCC(=O)O.Cl. The number of amides is 1. The van der Waals surface area contributed by atoms with Gasteiger partial charge in [-0.1, -0.05) is 6.92 Å². The number of carbonyl (C=O) groups excluding carboxylic acids is 1. The summed E-state index contributed by atoms with van der Waals surface area (Å²) in [6.07, 6.45) is 4.44. The Labute approximate surface area is 127 Å². The molecule has 118 valence electrons. The number of rotatable bonds is 6. The molecule has 1 N–H and O–H groups in total. The highest BCUT2D eigenvalue weighted by atomic mass is 35.5. The molecule has 1 amide bonds. The second-order valence-electron chi connectivity index (χ2n) is 5.39. The van der Waals surface area contributed by atoms with Crippen LogP contribution in [0.4, 0.5) is 0 Å². The fourth-order valence-electron chi connectivity index (χ4n) is 2.61. The van der Waals surface area contributed by atoms with E-state index in [0.29, 0.717) is 12.6 Å². The van der Waals surface area contributed by atoms with Gasteiger partial charge in [0.2, 0.25) is 5.91 Å². The summed E-state index contributed by atoms with van der Waals surface area (Å²) >= 11 is 0. The van der Waals surface area contributed by atoms with Gasteiger partial charge in [0.1, 0.15) is 0 Å². The standard InChI is InChI=1S/C14H26N2O3.ClH/c1-4-12-7-5-6-9-16(12)14(19)11(2)15(3)10-8-13(17)18;/h11-12H,4-10H2,1-3H3,(H,17,18);1H. The number of likely N-dealkylation sites (tertiary alicyclic amines) is 1. The van der Waals surface area contributed by atoms with Crippen LogP contribution in [0, 0.1) is 0 Å². The number of aliphatic carboxylic acids is 1. The third kappa shape index (κ3) is 5.29. The van der Waals surface area contributed by atoms with E-state index in [-0.39, 0.29) is 30.8 Å². The first-order chi connectivity index (χ1) is 8.97. The molecule has 1 fully saturated rings. The molecule has 0 aromatic carbocycles. The van der Waals surface area contributed by atoms with Crippen LogP contribution in [-0.2, 0) is 9.59 Å². The van der Waals surface area contributed by atoms with E-state index in [9.17, 15) is 9.59 Å².